The van der Waals surface area contributed by atoms with Crippen LogP contribution in [-0.2, 0) is 0 Å². The number of benzene rings is 1. The first kappa shape index (κ1) is 14.3. The number of rotatable bonds is 2. The van der Waals surface area contributed by atoms with Crippen molar-refractivity contribution >= 4 is 0 Å². The minimum atomic E-state index is 0.844. The van der Waals surface area contributed by atoms with Crippen molar-refractivity contribution in [3.05, 3.63) is 36.4 Å². The number of hydrogen-bond acceptors (Lipinski definition) is 1. The molecular formula is C12H19N. The van der Waals surface area contributed by atoms with Gasteiger partial charge in [-0.15, -0.1) is 12.8 Å². The maximum atomic E-state index is 5.14. The highest BCUT2D eigenvalue weighted by atomic mass is 14.5. The van der Waals surface area contributed by atoms with Crippen LogP contribution in [0.15, 0.2) is 36.4 Å². The fraction of sp³-hybridized carbons (Fsp3) is 0.333. The Morgan fingerprint density at radius 1 is 0.923 bits per heavy atom. The summed E-state index contributed by atoms with van der Waals surface area (Å²) in [5.41, 5.74) is 5.14. The SMILES string of the molecule is C#C.CCCCN.c1ccccc1. The lowest BCUT2D eigenvalue weighted by molar-refractivity contribution is 0.807. The Morgan fingerprint density at radius 3 is 1.31 bits per heavy atom. The van der Waals surface area contributed by atoms with Gasteiger partial charge >= 0.3 is 0 Å². The van der Waals surface area contributed by atoms with Crippen LogP contribution in [0.3, 0.4) is 0 Å². The normalized spacial score (nSPS) is 7.08. The maximum Gasteiger partial charge on any atom is -0.00774 e. The van der Waals surface area contributed by atoms with Gasteiger partial charge in [0.1, 0.15) is 0 Å². The van der Waals surface area contributed by atoms with Crippen molar-refractivity contribution in [1.29, 1.82) is 0 Å². The first-order valence-electron chi connectivity index (χ1n) is 4.45. The number of terminal acetylenes is 1. The van der Waals surface area contributed by atoms with Crippen LogP contribution >= 0.6 is 0 Å². The summed E-state index contributed by atoms with van der Waals surface area (Å²) >= 11 is 0. The summed E-state index contributed by atoms with van der Waals surface area (Å²) in [6.07, 6.45) is 10.4. The standard InChI is InChI=1S/C6H6.C4H11N.C2H2/c1-2-4-6-5-3-1;1-2-3-4-5;1-2/h1-6H;2-5H2,1H3;1-2H. The summed E-state index contributed by atoms with van der Waals surface area (Å²) < 4.78 is 0. The molecule has 1 rings (SSSR count). The zero-order chi connectivity index (χ0) is 10.4. The predicted molar refractivity (Wildman–Crippen MR) is 60.3 cm³/mol. The van der Waals surface area contributed by atoms with Gasteiger partial charge in [-0.05, 0) is 13.0 Å². The van der Waals surface area contributed by atoms with Gasteiger partial charge in [0, 0.05) is 0 Å². The predicted octanol–water partition coefficient (Wildman–Crippen LogP) is 2.68. The van der Waals surface area contributed by atoms with Gasteiger partial charge in [-0.3, -0.25) is 0 Å². The van der Waals surface area contributed by atoms with E-state index < -0.39 is 0 Å². The first-order chi connectivity index (χ1) is 6.41. The third-order valence-corrected chi connectivity index (χ3v) is 1.22. The van der Waals surface area contributed by atoms with Crippen LogP contribution < -0.4 is 5.73 Å². The smallest absolute Gasteiger partial charge is 0.00774 e. The van der Waals surface area contributed by atoms with Crippen molar-refractivity contribution in [2.24, 2.45) is 5.73 Å². The van der Waals surface area contributed by atoms with E-state index in [0.717, 1.165) is 6.54 Å². The monoisotopic (exact) mass is 177 g/mol. The molecule has 0 aliphatic carbocycles. The third-order valence-electron chi connectivity index (χ3n) is 1.22. The topological polar surface area (TPSA) is 26.0 Å². The van der Waals surface area contributed by atoms with E-state index in [4.69, 9.17) is 5.73 Å². The van der Waals surface area contributed by atoms with Gasteiger partial charge in [0.05, 0.1) is 0 Å². The van der Waals surface area contributed by atoms with E-state index in [1.807, 2.05) is 36.4 Å². The van der Waals surface area contributed by atoms with Crippen molar-refractivity contribution in [1.82, 2.24) is 0 Å². The van der Waals surface area contributed by atoms with Gasteiger partial charge in [-0.25, -0.2) is 0 Å². The van der Waals surface area contributed by atoms with Crippen LogP contribution in [0.2, 0.25) is 0 Å². The van der Waals surface area contributed by atoms with Gasteiger partial charge in [0.15, 0.2) is 0 Å². The lowest BCUT2D eigenvalue weighted by Crippen LogP contribution is -1.95. The quantitative estimate of drug-likeness (QED) is 0.691. The minimum absolute atomic E-state index is 0.844. The van der Waals surface area contributed by atoms with Gasteiger partial charge in [-0.2, -0.15) is 0 Å². The molecule has 0 spiro atoms. The molecule has 0 aromatic heterocycles. The highest BCUT2D eigenvalue weighted by Crippen LogP contribution is 1.79. The van der Waals surface area contributed by atoms with Gasteiger partial charge in [0.25, 0.3) is 0 Å². The van der Waals surface area contributed by atoms with E-state index in [-0.39, 0.29) is 0 Å². The van der Waals surface area contributed by atoms with Crippen LogP contribution in [0.5, 0.6) is 0 Å². The average molecular weight is 177 g/mol. The number of hydrogen-bond donors (Lipinski definition) is 1. The summed E-state index contributed by atoms with van der Waals surface area (Å²) in [4.78, 5) is 0. The Kier molecular flexibility index (Phi) is 18.7. The minimum Gasteiger partial charge on any atom is -0.330 e. The molecule has 2 N–H and O–H groups in total. The van der Waals surface area contributed by atoms with Crippen LogP contribution in [0, 0.1) is 12.8 Å². The lowest BCUT2D eigenvalue weighted by atomic mass is 10.3. The molecule has 0 saturated carbocycles. The van der Waals surface area contributed by atoms with E-state index in [1.165, 1.54) is 12.8 Å². The fourth-order valence-corrected chi connectivity index (χ4v) is 0.589. The molecule has 13 heavy (non-hydrogen) atoms. The molecule has 0 fully saturated rings. The fourth-order valence-electron chi connectivity index (χ4n) is 0.589. The molecule has 0 unspecified atom stereocenters. The Bertz CT molecular complexity index is 138. The Hall–Kier alpha value is -1.26. The summed E-state index contributed by atoms with van der Waals surface area (Å²) in [6, 6.07) is 12.0. The van der Waals surface area contributed by atoms with Crippen LogP contribution in [0.1, 0.15) is 19.8 Å². The summed E-state index contributed by atoms with van der Waals surface area (Å²) in [5.74, 6) is 0. The first-order valence-corrected chi connectivity index (χ1v) is 4.45. The lowest BCUT2D eigenvalue weighted by Gasteiger charge is -1.80. The molecule has 72 valence electrons. The summed E-state index contributed by atoms with van der Waals surface area (Å²) in [7, 11) is 0. The van der Waals surface area contributed by atoms with Crippen molar-refractivity contribution in [3.63, 3.8) is 0 Å². The van der Waals surface area contributed by atoms with Crippen molar-refractivity contribution in [2.75, 3.05) is 6.54 Å². The average Bonchev–Trinajstić information content (AvgIpc) is 2.25. The van der Waals surface area contributed by atoms with Crippen molar-refractivity contribution in [2.45, 2.75) is 19.8 Å². The van der Waals surface area contributed by atoms with E-state index in [0.29, 0.717) is 0 Å². The number of nitrogens with two attached hydrogens (primary N) is 1. The van der Waals surface area contributed by atoms with Crippen LogP contribution in [-0.4, -0.2) is 6.54 Å². The van der Waals surface area contributed by atoms with Gasteiger partial charge in [-0.1, -0.05) is 49.7 Å². The summed E-state index contributed by atoms with van der Waals surface area (Å²) in [5, 5.41) is 0. The molecule has 1 aromatic carbocycles. The molecule has 1 nitrogen and oxygen atoms in total. The molecule has 0 amide bonds. The molecule has 0 heterocycles. The van der Waals surface area contributed by atoms with E-state index in [9.17, 15) is 0 Å². The van der Waals surface area contributed by atoms with E-state index in [1.54, 1.807) is 0 Å². The Balaban J connectivity index is 0. The number of unbranched alkanes of at least 4 members (excludes halogenated alkanes) is 1. The molecule has 0 atom stereocenters. The highest BCUT2D eigenvalue weighted by Gasteiger charge is 1.68. The zero-order valence-corrected chi connectivity index (χ0v) is 8.32. The van der Waals surface area contributed by atoms with Crippen LogP contribution in [0.25, 0.3) is 0 Å². The largest absolute Gasteiger partial charge is 0.330 e. The Labute approximate surface area is 82.0 Å². The van der Waals surface area contributed by atoms with E-state index >= 15 is 0 Å². The summed E-state index contributed by atoms with van der Waals surface area (Å²) in [6.45, 7) is 2.98. The molecule has 0 aliphatic heterocycles. The second kappa shape index (κ2) is 17.0. The second-order valence-electron chi connectivity index (χ2n) is 2.30. The molecule has 0 bridgehead atoms. The molecule has 1 heteroatoms. The van der Waals surface area contributed by atoms with Gasteiger partial charge in [0.2, 0.25) is 0 Å². The molecule has 0 radical (unpaired) electrons. The molecule has 0 saturated heterocycles. The van der Waals surface area contributed by atoms with Crippen LogP contribution in [0.4, 0.5) is 0 Å². The third kappa shape index (κ3) is 18.1. The van der Waals surface area contributed by atoms with Crippen molar-refractivity contribution in [3.8, 4) is 12.8 Å². The maximum absolute atomic E-state index is 5.14. The highest BCUT2D eigenvalue weighted by molar-refractivity contribution is 4.99. The molecule has 1 aromatic rings. The Morgan fingerprint density at radius 2 is 1.23 bits per heavy atom. The molecule has 0 aliphatic rings. The zero-order valence-electron chi connectivity index (χ0n) is 8.32. The van der Waals surface area contributed by atoms with Gasteiger partial charge < -0.3 is 5.73 Å². The van der Waals surface area contributed by atoms with Crippen molar-refractivity contribution < 1.29 is 0 Å². The molecular weight excluding hydrogens is 158 g/mol. The van der Waals surface area contributed by atoms with E-state index in [2.05, 4.69) is 19.8 Å². The second-order valence-corrected chi connectivity index (χ2v) is 2.30.